The number of piperidine rings is 1. The van der Waals surface area contributed by atoms with Gasteiger partial charge in [0.2, 0.25) is 0 Å². The van der Waals surface area contributed by atoms with Gasteiger partial charge < -0.3 is 10.2 Å². The van der Waals surface area contributed by atoms with Crippen molar-refractivity contribution in [1.29, 1.82) is 0 Å². The summed E-state index contributed by atoms with van der Waals surface area (Å²) in [4.78, 5) is 11.7. The molecule has 4 heteroatoms. The van der Waals surface area contributed by atoms with E-state index in [1.165, 1.54) is 44.9 Å². The smallest absolute Gasteiger partial charge is 0.147 e. The fourth-order valence-electron chi connectivity index (χ4n) is 3.06. The Morgan fingerprint density at radius 1 is 1.20 bits per heavy atom. The number of anilines is 1. The van der Waals surface area contributed by atoms with Crippen LogP contribution in [0.5, 0.6) is 0 Å². The Hall–Kier alpha value is -1.16. The summed E-state index contributed by atoms with van der Waals surface area (Å²) in [6.07, 6.45) is 13.0. The molecule has 2 fully saturated rings. The number of hydrogen-bond donors (Lipinski definition) is 1. The first-order valence-corrected chi connectivity index (χ1v) is 8.17. The van der Waals surface area contributed by atoms with Crippen molar-refractivity contribution in [1.82, 2.24) is 15.3 Å². The topological polar surface area (TPSA) is 41.1 Å². The molecular formula is C16H26N4. The normalized spacial score (nSPS) is 23.1. The maximum absolute atomic E-state index is 4.66. The third-order valence-electron chi connectivity index (χ3n) is 4.38. The molecule has 0 aromatic carbocycles. The van der Waals surface area contributed by atoms with Crippen LogP contribution in [0.4, 0.5) is 5.82 Å². The summed E-state index contributed by atoms with van der Waals surface area (Å²) in [5.74, 6) is 1.07. The molecule has 1 aliphatic carbocycles. The van der Waals surface area contributed by atoms with Crippen LogP contribution in [0.25, 0.3) is 0 Å². The van der Waals surface area contributed by atoms with E-state index in [1.807, 2.05) is 12.4 Å². The zero-order valence-corrected chi connectivity index (χ0v) is 12.5. The SMILES string of the molecule is CCCC1CCCCN1c1cnc(CNC2CC2)cn1. The van der Waals surface area contributed by atoms with Crippen molar-refractivity contribution in [3.05, 3.63) is 18.1 Å². The number of nitrogens with one attached hydrogen (secondary N) is 1. The number of aromatic nitrogens is 2. The first kappa shape index (κ1) is 13.8. The van der Waals surface area contributed by atoms with Crippen LogP contribution in [0.15, 0.2) is 12.4 Å². The first-order chi connectivity index (χ1) is 9.86. The first-order valence-electron chi connectivity index (χ1n) is 8.17. The van der Waals surface area contributed by atoms with E-state index in [9.17, 15) is 0 Å². The van der Waals surface area contributed by atoms with Crippen LogP contribution in [0.1, 0.15) is 57.6 Å². The molecule has 1 aliphatic heterocycles. The maximum atomic E-state index is 4.66. The molecule has 20 heavy (non-hydrogen) atoms. The third-order valence-corrected chi connectivity index (χ3v) is 4.38. The Morgan fingerprint density at radius 3 is 2.80 bits per heavy atom. The Balaban J connectivity index is 1.62. The molecular weight excluding hydrogens is 248 g/mol. The second-order valence-electron chi connectivity index (χ2n) is 6.15. The lowest BCUT2D eigenvalue weighted by atomic mass is 9.98. The highest BCUT2D eigenvalue weighted by atomic mass is 15.2. The van der Waals surface area contributed by atoms with E-state index in [2.05, 4.69) is 27.1 Å². The van der Waals surface area contributed by atoms with Gasteiger partial charge in [0.15, 0.2) is 0 Å². The van der Waals surface area contributed by atoms with Gasteiger partial charge in [0.25, 0.3) is 0 Å². The number of rotatable bonds is 6. The standard InChI is InChI=1S/C16H26N4/c1-2-5-15-6-3-4-9-20(15)16-12-18-14(11-19-16)10-17-13-7-8-13/h11-13,15,17H,2-10H2,1H3. The molecule has 0 amide bonds. The summed E-state index contributed by atoms with van der Waals surface area (Å²) >= 11 is 0. The molecule has 1 saturated heterocycles. The fourth-order valence-corrected chi connectivity index (χ4v) is 3.06. The quantitative estimate of drug-likeness (QED) is 0.866. The Morgan fingerprint density at radius 2 is 2.10 bits per heavy atom. The van der Waals surface area contributed by atoms with Gasteiger partial charge in [-0.05, 0) is 38.5 Å². The van der Waals surface area contributed by atoms with Crippen LogP contribution in [-0.2, 0) is 6.54 Å². The Bertz CT molecular complexity index is 411. The second kappa shape index (κ2) is 6.53. The summed E-state index contributed by atoms with van der Waals surface area (Å²) in [6, 6.07) is 1.39. The molecule has 1 atom stereocenters. The van der Waals surface area contributed by atoms with Crippen LogP contribution in [0.2, 0.25) is 0 Å². The minimum Gasteiger partial charge on any atom is -0.352 e. The molecule has 1 aromatic heterocycles. The lowest BCUT2D eigenvalue weighted by Crippen LogP contribution is -2.40. The molecule has 2 heterocycles. The van der Waals surface area contributed by atoms with Gasteiger partial charge in [-0.2, -0.15) is 0 Å². The van der Waals surface area contributed by atoms with E-state index in [0.717, 1.165) is 30.6 Å². The van der Waals surface area contributed by atoms with Gasteiger partial charge in [-0.3, -0.25) is 4.98 Å². The van der Waals surface area contributed by atoms with Crippen molar-refractivity contribution in [2.75, 3.05) is 11.4 Å². The molecule has 0 bridgehead atoms. The largest absolute Gasteiger partial charge is 0.352 e. The summed E-state index contributed by atoms with van der Waals surface area (Å²) < 4.78 is 0. The lowest BCUT2D eigenvalue weighted by Gasteiger charge is -2.36. The van der Waals surface area contributed by atoms with Gasteiger partial charge in [-0.25, -0.2) is 4.98 Å². The van der Waals surface area contributed by atoms with Crippen LogP contribution in [0, 0.1) is 0 Å². The molecule has 1 aromatic rings. The maximum Gasteiger partial charge on any atom is 0.147 e. The zero-order chi connectivity index (χ0) is 13.8. The van der Waals surface area contributed by atoms with E-state index in [-0.39, 0.29) is 0 Å². The van der Waals surface area contributed by atoms with E-state index >= 15 is 0 Å². The van der Waals surface area contributed by atoms with Crippen LogP contribution >= 0.6 is 0 Å². The minimum atomic E-state index is 0.665. The molecule has 4 nitrogen and oxygen atoms in total. The lowest BCUT2D eigenvalue weighted by molar-refractivity contribution is 0.431. The van der Waals surface area contributed by atoms with Gasteiger partial charge in [0.1, 0.15) is 5.82 Å². The van der Waals surface area contributed by atoms with E-state index in [0.29, 0.717) is 6.04 Å². The Kier molecular flexibility index (Phi) is 4.51. The van der Waals surface area contributed by atoms with E-state index in [1.54, 1.807) is 0 Å². The average molecular weight is 274 g/mol. The zero-order valence-electron chi connectivity index (χ0n) is 12.5. The van der Waals surface area contributed by atoms with Crippen molar-refractivity contribution in [2.24, 2.45) is 0 Å². The number of nitrogens with zero attached hydrogens (tertiary/aromatic N) is 3. The van der Waals surface area contributed by atoms with Gasteiger partial charge in [-0.1, -0.05) is 13.3 Å². The summed E-state index contributed by atoms with van der Waals surface area (Å²) in [5.41, 5.74) is 1.06. The van der Waals surface area contributed by atoms with Crippen molar-refractivity contribution in [3.63, 3.8) is 0 Å². The molecule has 110 valence electrons. The van der Waals surface area contributed by atoms with Crippen LogP contribution in [0.3, 0.4) is 0 Å². The molecule has 0 radical (unpaired) electrons. The summed E-state index contributed by atoms with van der Waals surface area (Å²) in [6.45, 7) is 4.26. The predicted octanol–water partition coefficient (Wildman–Crippen LogP) is 2.89. The Labute approximate surface area is 122 Å². The second-order valence-corrected chi connectivity index (χ2v) is 6.15. The van der Waals surface area contributed by atoms with Gasteiger partial charge in [0.05, 0.1) is 18.1 Å². The highest BCUT2D eigenvalue weighted by Gasteiger charge is 2.23. The minimum absolute atomic E-state index is 0.665. The third kappa shape index (κ3) is 3.48. The molecule has 1 saturated carbocycles. The summed E-state index contributed by atoms with van der Waals surface area (Å²) in [7, 11) is 0. The molecule has 1 N–H and O–H groups in total. The molecule has 1 unspecified atom stereocenters. The van der Waals surface area contributed by atoms with E-state index in [4.69, 9.17) is 0 Å². The van der Waals surface area contributed by atoms with Gasteiger partial charge in [0, 0.05) is 25.2 Å². The predicted molar refractivity (Wildman–Crippen MR) is 81.8 cm³/mol. The molecule has 2 aliphatic rings. The van der Waals surface area contributed by atoms with Crippen molar-refractivity contribution in [3.8, 4) is 0 Å². The highest BCUT2D eigenvalue weighted by Crippen LogP contribution is 2.25. The van der Waals surface area contributed by atoms with Gasteiger partial charge >= 0.3 is 0 Å². The molecule has 0 spiro atoms. The summed E-state index contributed by atoms with van der Waals surface area (Å²) in [5, 5.41) is 3.48. The monoisotopic (exact) mass is 274 g/mol. The van der Waals surface area contributed by atoms with Gasteiger partial charge in [-0.15, -0.1) is 0 Å². The average Bonchev–Trinajstić information content (AvgIpc) is 3.31. The van der Waals surface area contributed by atoms with Crippen molar-refractivity contribution < 1.29 is 0 Å². The van der Waals surface area contributed by atoms with Crippen LogP contribution in [-0.4, -0.2) is 28.6 Å². The van der Waals surface area contributed by atoms with Crippen molar-refractivity contribution in [2.45, 2.75) is 70.5 Å². The van der Waals surface area contributed by atoms with E-state index < -0.39 is 0 Å². The molecule has 3 rings (SSSR count). The van der Waals surface area contributed by atoms with Crippen molar-refractivity contribution >= 4 is 5.82 Å². The highest BCUT2D eigenvalue weighted by molar-refractivity contribution is 5.38. The number of hydrogen-bond acceptors (Lipinski definition) is 4. The fraction of sp³-hybridized carbons (Fsp3) is 0.750. The van der Waals surface area contributed by atoms with Crippen LogP contribution < -0.4 is 10.2 Å².